The summed E-state index contributed by atoms with van der Waals surface area (Å²) in [6.45, 7) is 3.64. The van der Waals surface area contributed by atoms with Crippen molar-refractivity contribution in [2.45, 2.75) is 24.8 Å². The summed E-state index contributed by atoms with van der Waals surface area (Å²) in [6.07, 6.45) is 2.80. The Kier molecular flexibility index (Phi) is 7.05. The third-order valence-corrected chi connectivity index (χ3v) is 4.82. The zero-order chi connectivity index (χ0) is 18.1. The maximum atomic E-state index is 12.0. The van der Waals surface area contributed by atoms with Crippen molar-refractivity contribution in [3.8, 4) is 0 Å². The average molecular weight is 362 g/mol. The van der Waals surface area contributed by atoms with Crippen LogP contribution in [0.3, 0.4) is 0 Å². The van der Waals surface area contributed by atoms with Crippen LogP contribution < -0.4 is 15.4 Å². The van der Waals surface area contributed by atoms with Gasteiger partial charge in [0.1, 0.15) is 4.90 Å². The van der Waals surface area contributed by atoms with Crippen molar-refractivity contribution in [1.82, 2.24) is 15.0 Å². The molecule has 0 aliphatic heterocycles. The molecule has 2 rings (SSSR count). The van der Waals surface area contributed by atoms with Crippen LogP contribution in [0.5, 0.6) is 0 Å². The average Bonchev–Trinajstić information content (AvgIpc) is 2.61. The number of amides is 1. The highest BCUT2D eigenvalue weighted by Gasteiger charge is 2.14. The molecule has 0 fully saturated rings. The molecule has 0 saturated heterocycles. The highest BCUT2D eigenvalue weighted by molar-refractivity contribution is 7.89. The van der Waals surface area contributed by atoms with Crippen LogP contribution >= 0.6 is 0 Å². The molecule has 7 nitrogen and oxygen atoms in total. The molecule has 2 aromatic rings. The van der Waals surface area contributed by atoms with E-state index in [0.29, 0.717) is 5.69 Å². The summed E-state index contributed by atoms with van der Waals surface area (Å²) in [7, 11) is -3.65. The van der Waals surface area contributed by atoms with Crippen molar-refractivity contribution in [3.63, 3.8) is 0 Å². The monoisotopic (exact) mass is 362 g/mol. The topological polar surface area (TPSA) is 100 Å². The number of nitrogens with one attached hydrogen (secondary N) is 3. The second-order valence-electron chi connectivity index (χ2n) is 5.37. The van der Waals surface area contributed by atoms with E-state index >= 15 is 0 Å². The van der Waals surface area contributed by atoms with Gasteiger partial charge in [0.2, 0.25) is 15.9 Å². The second-order valence-corrected chi connectivity index (χ2v) is 7.13. The number of anilines is 1. The van der Waals surface area contributed by atoms with Gasteiger partial charge in [-0.3, -0.25) is 9.78 Å². The molecule has 1 aromatic carbocycles. The quantitative estimate of drug-likeness (QED) is 0.628. The largest absolute Gasteiger partial charge is 0.326 e. The lowest BCUT2D eigenvalue weighted by Gasteiger charge is -2.09. The Morgan fingerprint density at radius 1 is 1.20 bits per heavy atom. The Labute approximate surface area is 147 Å². The van der Waals surface area contributed by atoms with Crippen LogP contribution in [0.1, 0.15) is 18.9 Å². The van der Waals surface area contributed by atoms with E-state index in [1.807, 2.05) is 25.1 Å². The molecular formula is C17H22N4O3S. The molecule has 25 heavy (non-hydrogen) atoms. The first-order chi connectivity index (χ1) is 12.0. The van der Waals surface area contributed by atoms with E-state index in [1.165, 1.54) is 18.5 Å². The van der Waals surface area contributed by atoms with Crippen LogP contribution in [0, 0.1) is 0 Å². The minimum Gasteiger partial charge on any atom is -0.326 e. The first-order valence-corrected chi connectivity index (χ1v) is 9.49. The van der Waals surface area contributed by atoms with Crippen LogP contribution in [0.4, 0.5) is 5.69 Å². The van der Waals surface area contributed by atoms with Gasteiger partial charge in [-0.05, 0) is 36.4 Å². The van der Waals surface area contributed by atoms with E-state index in [2.05, 4.69) is 20.3 Å². The zero-order valence-electron chi connectivity index (χ0n) is 14.0. The summed E-state index contributed by atoms with van der Waals surface area (Å²) < 4.78 is 26.4. The first-order valence-electron chi connectivity index (χ1n) is 8.00. The lowest BCUT2D eigenvalue weighted by molar-refractivity contribution is -0.116. The summed E-state index contributed by atoms with van der Waals surface area (Å²) in [5, 5.41) is 5.99. The molecule has 0 radical (unpaired) electrons. The predicted molar refractivity (Wildman–Crippen MR) is 96.5 cm³/mol. The molecule has 0 aliphatic rings. The van der Waals surface area contributed by atoms with Gasteiger partial charge in [-0.25, -0.2) is 13.1 Å². The number of carbonyl (C=O) groups is 1. The van der Waals surface area contributed by atoms with Crippen molar-refractivity contribution in [1.29, 1.82) is 0 Å². The minimum absolute atomic E-state index is 0.0140. The van der Waals surface area contributed by atoms with Gasteiger partial charge in [0.25, 0.3) is 0 Å². The molecule has 0 atom stereocenters. The molecule has 1 aromatic heterocycles. The number of aromatic nitrogens is 1. The van der Waals surface area contributed by atoms with Crippen molar-refractivity contribution in [2.24, 2.45) is 0 Å². The molecule has 3 N–H and O–H groups in total. The van der Waals surface area contributed by atoms with Crippen LogP contribution in [-0.2, 0) is 21.4 Å². The van der Waals surface area contributed by atoms with E-state index in [0.717, 1.165) is 18.7 Å². The van der Waals surface area contributed by atoms with Gasteiger partial charge in [0.05, 0.1) is 0 Å². The molecule has 134 valence electrons. The van der Waals surface area contributed by atoms with Crippen LogP contribution in [0.15, 0.2) is 53.7 Å². The lowest BCUT2D eigenvalue weighted by atomic mass is 10.2. The van der Waals surface area contributed by atoms with Crippen LogP contribution in [-0.4, -0.2) is 32.4 Å². The van der Waals surface area contributed by atoms with E-state index in [1.54, 1.807) is 12.1 Å². The highest BCUT2D eigenvalue weighted by Crippen LogP contribution is 2.11. The SMILES string of the molecule is CCNCc1cccc(NC(=O)CCNS(=O)(=O)c2cccnc2)c1. The van der Waals surface area contributed by atoms with Gasteiger partial charge >= 0.3 is 0 Å². The molecule has 0 unspecified atom stereocenters. The predicted octanol–water partition coefficient (Wildman–Crippen LogP) is 1.50. The van der Waals surface area contributed by atoms with Gasteiger partial charge in [-0.1, -0.05) is 19.1 Å². The maximum Gasteiger partial charge on any atom is 0.242 e. The lowest BCUT2D eigenvalue weighted by Crippen LogP contribution is -2.28. The second kappa shape index (κ2) is 9.26. The molecule has 0 saturated carbocycles. The third-order valence-electron chi connectivity index (χ3n) is 3.38. The minimum atomic E-state index is -3.65. The van der Waals surface area contributed by atoms with Crippen molar-refractivity contribution < 1.29 is 13.2 Å². The van der Waals surface area contributed by atoms with Gasteiger partial charge in [-0.15, -0.1) is 0 Å². The number of hydrogen-bond acceptors (Lipinski definition) is 5. The van der Waals surface area contributed by atoms with Gasteiger partial charge < -0.3 is 10.6 Å². The molecule has 0 aliphatic carbocycles. The number of sulfonamides is 1. The van der Waals surface area contributed by atoms with Crippen molar-refractivity contribution in [3.05, 3.63) is 54.4 Å². The number of carbonyl (C=O) groups excluding carboxylic acids is 1. The smallest absolute Gasteiger partial charge is 0.242 e. The molecule has 1 amide bonds. The van der Waals surface area contributed by atoms with E-state index in [-0.39, 0.29) is 23.8 Å². The summed E-state index contributed by atoms with van der Waals surface area (Å²) in [5.41, 5.74) is 1.76. The fraction of sp³-hybridized carbons (Fsp3) is 0.294. The Morgan fingerprint density at radius 3 is 2.76 bits per heavy atom. The number of nitrogens with zero attached hydrogens (tertiary/aromatic N) is 1. The fourth-order valence-corrected chi connectivity index (χ4v) is 3.13. The number of rotatable bonds is 9. The normalized spacial score (nSPS) is 11.2. The standard InChI is InChI=1S/C17H22N4O3S/c1-2-18-12-14-5-3-6-15(11-14)21-17(22)8-10-20-25(23,24)16-7-4-9-19-13-16/h3-7,9,11,13,18,20H,2,8,10,12H2,1H3,(H,21,22). The number of hydrogen-bond donors (Lipinski definition) is 3. The highest BCUT2D eigenvalue weighted by atomic mass is 32.2. The molecular weight excluding hydrogens is 340 g/mol. The first kappa shape index (κ1) is 19.0. The van der Waals surface area contributed by atoms with Crippen LogP contribution in [0.25, 0.3) is 0 Å². The van der Waals surface area contributed by atoms with Gasteiger partial charge in [0.15, 0.2) is 0 Å². The van der Waals surface area contributed by atoms with Crippen molar-refractivity contribution >= 4 is 21.6 Å². The van der Waals surface area contributed by atoms with Gasteiger partial charge in [-0.2, -0.15) is 0 Å². The molecule has 0 spiro atoms. The van der Waals surface area contributed by atoms with Gasteiger partial charge in [0, 0.05) is 37.6 Å². The molecule has 1 heterocycles. The Hall–Kier alpha value is -2.29. The maximum absolute atomic E-state index is 12.0. The Bertz CT molecular complexity index is 795. The Morgan fingerprint density at radius 2 is 2.04 bits per heavy atom. The summed E-state index contributed by atoms with van der Waals surface area (Å²) in [4.78, 5) is 15.8. The van der Waals surface area contributed by atoms with E-state index < -0.39 is 10.0 Å². The molecule has 8 heteroatoms. The van der Waals surface area contributed by atoms with E-state index in [4.69, 9.17) is 0 Å². The van der Waals surface area contributed by atoms with Crippen LogP contribution in [0.2, 0.25) is 0 Å². The fourth-order valence-electron chi connectivity index (χ4n) is 2.14. The number of benzene rings is 1. The summed E-state index contributed by atoms with van der Waals surface area (Å²) in [5.74, 6) is -0.255. The number of pyridine rings is 1. The summed E-state index contributed by atoms with van der Waals surface area (Å²) >= 11 is 0. The van der Waals surface area contributed by atoms with E-state index in [9.17, 15) is 13.2 Å². The Balaban J connectivity index is 1.83. The van der Waals surface area contributed by atoms with Crippen molar-refractivity contribution in [2.75, 3.05) is 18.4 Å². The molecule has 0 bridgehead atoms. The summed E-state index contributed by atoms with van der Waals surface area (Å²) in [6, 6.07) is 10.5. The third kappa shape index (κ3) is 6.26. The zero-order valence-corrected chi connectivity index (χ0v) is 14.8.